The lowest BCUT2D eigenvalue weighted by atomic mass is 10.2. The van der Waals surface area contributed by atoms with E-state index in [-0.39, 0.29) is 30.1 Å². The quantitative estimate of drug-likeness (QED) is 0.745. The van der Waals surface area contributed by atoms with Gasteiger partial charge < -0.3 is 4.74 Å². The second-order valence-electron chi connectivity index (χ2n) is 5.84. The number of sulfone groups is 1. The standard InChI is InChI=1S/C15H21ClN2O4S/c1-11-8-13(4-5-14(11)16)22-9-15(19)18(17(2)3)12-6-7-23(20,21)10-12/h4-5,8,12H,6-7,9-10H2,1-3H3/t12-/m0/s1. The van der Waals surface area contributed by atoms with Crippen molar-refractivity contribution in [3.63, 3.8) is 0 Å². The van der Waals surface area contributed by atoms with Crippen molar-refractivity contribution in [3.05, 3.63) is 28.8 Å². The van der Waals surface area contributed by atoms with Crippen molar-refractivity contribution in [2.45, 2.75) is 19.4 Å². The lowest BCUT2D eigenvalue weighted by Gasteiger charge is -2.33. The molecule has 0 aromatic heterocycles. The Morgan fingerprint density at radius 3 is 2.61 bits per heavy atom. The number of carbonyl (C=O) groups is 1. The summed E-state index contributed by atoms with van der Waals surface area (Å²) in [4.78, 5) is 12.4. The number of ether oxygens (including phenoxy) is 1. The topological polar surface area (TPSA) is 66.9 Å². The highest BCUT2D eigenvalue weighted by Gasteiger charge is 2.36. The van der Waals surface area contributed by atoms with Crippen LogP contribution < -0.4 is 4.74 Å². The molecule has 0 bridgehead atoms. The molecule has 1 aliphatic heterocycles. The monoisotopic (exact) mass is 360 g/mol. The molecule has 0 unspecified atom stereocenters. The van der Waals surface area contributed by atoms with Gasteiger partial charge in [-0.1, -0.05) is 11.6 Å². The molecule has 6 nitrogen and oxygen atoms in total. The molecule has 0 N–H and O–H groups in total. The Labute approximate surface area is 141 Å². The number of hydrogen-bond acceptors (Lipinski definition) is 5. The van der Waals surface area contributed by atoms with Crippen LogP contribution in [0.2, 0.25) is 5.02 Å². The Bertz CT molecular complexity index is 691. The van der Waals surface area contributed by atoms with Crippen LogP contribution in [0.1, 0.15) is 12.0 Å². The zero-order chi connectivity index (χ0) is 17.2. The summed E-state index contributed by atoms with van der Waals surface area (Å²) in [6.07, 6.45) is 0.451. The lowest BCUT2D eigenvalue weighted by Crippen LogP contribution is -2.51. The van der Waals surface area contributed by atoms with Crippen LogP contribution in [0.5, 0.6) is 5.75 Å². The van der Waals surface area contributed by atoms with Crippen molar-refractivity contribution >= 4 is 27.3 Å². The van der Waals surface area contributed by atoms with Crippen molar-refractivity contribution in [3.8, 4) is 5.75 Å². The van der Waals surface area contributed by atoms with E-state index >= 15 is 0 Å². The van der Waals surface area contributed by atoms with Crippen molar-refractivity contribution < 1.29 is 17.9 Å². The van der Waals surface area contributed by atoms with E-state index in [1.807, 2.05) is 6.92 Å². The van der Waals surface area contributed by atoms with Crippen molar-refractivity contribution in [2.24, 2.45) is 0 Å². The van der Waals surface area contributed by atoms with E-state index in [0.29, 0.717) is 17.2 Å². The Morgan fingerprint density at radius 1 is 1.39 bits per heavy atom. The van der Waals surface area contributed by atoms with E-state index in [1.54, 1.807) is 37.3 Å². The number of benzene rings is 1. The third-order valence-electron chi connectivity index (χ3n) is 3.73. The summed E-state index contributed by atoms with van der Waals surface area (Å²) < 4.78 is 28.8. The summed E-state index contributed by atoms with van der Waals surface area (Å²) in [6, 6.07) is 4.83. The zero-order valence-electron chi connectivity index (χ0n) is 13.5. The fourth-order valence-electron chi connectivity index (χ4n) is 2.64. The maximum Gasteiger partial charge on any atom is 0.275 e. The van der Waals surface area contributed by atoms with E-state index in [0.717, 1.165) is 5.56 Å². The molecule has 1 atom stereocenters. The van der Waals surface area contributed by atoms with Gasteiger partial charge in [0.05, 0.1) is 17.5 Å². The van der Waals surface area contributed by atoms with Crippen LogP contribution in [0.4, 0.5) is 0 Å². The fraction of sp³-hybridized carbons (Fsp3) is 0.533. The molecule has 1 heterocycles. The summed E-state index contributed by atoms with van der Waals surface area (Å²) in [5.41, 5.74) is 0.864. The van der Waals surface area contributed by atoms with Crippen molar-refractivity contribution in [2.75, 3.05) is 32.2 Å². The number of aryl methyl sites for hydroxylation is 1. The predicted octanol–water partition coefficient (Wildman–Crippen LogP) is 1.52. The number of rotatable bonds is 5. The number of hydrogen-bond donors (Lipinski definition) is 0. The fourth-order valence-corrected chi connectivity index (χ4v) is 4.45. The molecule has 1 amide bonds. The Balaban J connectivity index is 2.02. The number of halogens is 1. The normalized spacial score (nSPS) is 19.8. The van der Waals surface area contributed by atoms with Gasteiger partial charge in [0.2, 0.25) is 0 Å². The molecule has 0 radical (unpaired) electrons. The van der Waals surface area contributed by atoms with Gasteiger partial charge in [-0.05, 0) is 37.1 Å². The highest BCUT2D eigenvalue weighted by Crippen LogP contribution is 2.22. The van der Waals surface area contributed by atoms with Gasteiger partial charge >= 0.3 is 0 Å². The Morgan fingerprint density at radius 2 is 2.09 bits per heavy atom. The molecule has 0 spiro atoms. The molecule has 0 aliphatic carbocycles. The summed E-state index contributed by atoms with van der Waals surface area (Å²) in [5.74, 6) is 0.395. The molecule has 1 aliphatic rings. The number of carbonyl (C=O) groups excluding carboxylic acids is 1. The minimum atomic E-state index is -3.06. The largest absolute Gasteiger partial charge is 0.484 e. The first-order chi connectivity index (χ1) is 10.7. The molecule has 1 aromatic rings. The minimum absolute atomic E-state index is 0.00300. The predicted molar refractivity (Wildman–Crippen MR) is 89.3 cm³/mol. The van der Waals surface area contributed by atoms with Crippen LogP contribution >= 0.6 is 11.6 Å². The van der Waals surface area contributed by atoms with E-state index < -0.39 is 9.84 Å². The first-order valence-electron chi connectivity index (χ1n) is 7.28. The van der Waals surface area contributed by atoms with Gasteiger partial charge in [0.15, 0.2) is 16.4 Å². The Hall–Kier alpha value is -1.31. The van der Waals surface area contributed by atoms with Crippen LogP contribution in [0.15, 0.2) is 18.2 Å². The third-order valence-corrected chi connectivity index (χ3v) is 5.91. The van der Waals surface area contributed by atoms with Gasteiger partial charge in [0, 0.05) is 19.1 Å². The van der Waals surface area contributed by atoms with Gasteiger partial charge in [-0.15, -0.1) is 0 Å². The van der Waals surface area contributed by atoms with E-state index in [1.165, 1.54) is 5.01 Å². The number of nitrogens with zero attached hydrogens (tertiary/aromatic N) is 2. The summed E-state index contributed by atoms with van der Waals surface area (Å²) in [5, 5.41) is 3.72. The highest BCUT2D eigenvalue weighted by atomic mass is 35.5. The van der Waals surface area contributed by atoms with Gasteiger partial charge in [0.1, 0.15) is 5.75 Å². The first kappa shape index (κ1) is 18.0. The molecule has 128 valence electrons. The average Bonchev–Trinajstić information content (AvgIpc) is 2.80. The molecule has 1 aromatic carbocycles. The minimum Gasteiger partial charge on any atom is -0.484 e. The zero-order valence-corrected chi connectivity index (χ0v) is 15.0. The average molecular weight is 361 g/mol. The van der Waals surface area contributed by atoms with E-state index in [4.69, 9.17) is 16.3 Å². The van der Waals surface area contributed by atoms with Gasteiger partial charge in [-0.2, -0.15) is 0 Å². The molecular weight excluding hydrogens is 340 g/mol. The van der Waals surface area contributed by atoms with Crippen LogP contribution in [0.25, 0.3) is 0 Å². The second kappa shape index (κ2) is 7.07. The third kappa shape index (κ3) is 4.59. The summed E-state index contributed by atoms with van der Waals surface area (Å²) in [6.45, 7) is 1.70. The van der Waals surface area contributed by atoms with Crippen LogP contribution in [0, 0.1) is 6.92 Å². The van der Waals surface area contributed by atoms with Crippen molar-refractivity contribution in [1.29, 1.82) is 0 Å². The summed E-state index contributed by atoms with van der Waals surface area (Å²) in [7, 11) is 0.374. The smallest absolute Gasteiger partial charge is 0.275 e. The molecular formula is C15H21ClN2O4S. The van der Waals surface area contributed by atoms with Crippen LogP contribution in [-0.4, -0.2) is 62.6 Å². The molecule has 23 heavy (non-hydrogen) atoms. The lowest BCUT2D eigenvalue weighted by molar-refractivity contribution is -0.151. The summed E-state index contributed by atoms with van der Waals surface area (Å²) >= 11 is 5.95. The van der Waals surface area contributed by atoms with Gasteiger partial charge in [0.25, 0.3) is 5.91 Å². The Kier molecular flexibility index (Phi) is 5.54. The number of amides is 1. The first-order valence-corrected chi connectivity index (χ1v) is 9.48. The molecule has 1 saturated heterocycles. The molecule has 8 heteroatoms. The van der Waals surface area contributed by atoms with Crippen LogP contribution in [-0.2, 0) is 14.6 Å². The highest BCUT2D eigenvalue weighted by molar-refractivity contribution is 7.91. The molecule has 1 fully saturated rings. The van der Waals surface area contributed by atoms with E-state index in [9.17, 15) is 13.2 Å². The molecule has 2 rings (SSSR count). The van der Waals surface area contributed by atoms with Crippen LogP contribution in [0.3, 0.4) is 0 Å². The SMILES string of the molecule is Cc1cc(OCC(=O)N([C@H]2CCS(=O)(=O)C2)N(C)C)ccc1Cl. The number of hydrazine groups is 1. The second-order valence-corrected chi connectivity index (χ2v) is 8.48. The van der Waals surface area contributed by atoms with E-state index in [2.05, 4.69) is 0 Å². The maximum absolute atomic E-state index is 12.4. The van der Waals surface area contributed by atoms with Crippen molar-refractivity contribution in [1.82, 2.24) is 10.0 Å². The van der Waals surface area contributed by atoms with Gasteiger partial charge in [-0.3, -0.25) is 9.80 Å². The van der Waals surface area contributed by atoms with Gasteiger partial charge in [-0.25, -0.2) is 13.4 Å². The molecule has 0 saturated carbocycles. The maximum atomic E-state index is 12.4.